The Hall–Kier alpha value is -1.93. The highest BCUT2D eigenvalue weighted by Gasteiger charge is 2.28. The topological polar surface area (TPSA) is 64.2 Å². The van der Waals surface area contributed by atoms with Gasteiger partial charge in [0.15, 0.2) is 0 Å². The van der Waals surface area contributed by atoms with Crippen LogP contribution >= 0.6 is 11.3 Å². The van der Waals surface area contributed by atoms with Gasteiger partial charge in [0.1, 0.15) is 0 Å². The van der Waals surface area contributed by atoms with Crippen molar-refractivity contribution in [1.82, 2.24) is 19.6 Å². The predicted molar refractivity (Wildman–Crippen MR) is 114 cm³/mol. The number of hydrogen-bond donors (Lipinski definition) is 0. The maximum absolute atomic E-state index is 12.7. The van der Waals surface area contributed by atoms with Crippen molar-refractivity contribution in [3.63, 3.8) is 0 Å². The van der Waals surface area contributed by atoms with E-state index in [1.165, 1.54) is 11.3 Å². The molecule has 1 aromatic heterocycles. The Labute approximate surface area is 177 Å². The minimum atomic E-state index is 0.0605. The van der Waals surface area contributed by atoms with Gasteiger partial charge in [0.25, 0.3) is 5.91 Å². The summed E-state index contributed by atoms with van der Waals surface area (Å²) in [5, 5.41) is 1.91. The van der Waals surface area contributed by atoms with Crippen LogP contribution in [0.1, 0.15) is 36.4 Å². The number of thiophene rings is 1. The molecule has 0 atom stereocenters. The van der Waals surface area contributed by atoms with E-state index in [4.69, 9.17) is 0 Å². The van der Waals surface area contributed by atoms with E-state index in [1.54, 1.807) is 0 Å². The molecule has 2 saturated heterocycles. The van der Waals surface area contributed by atoms with Crippen LogP contribution in [0.4, 0.5) is 0 Å². The molecule has 0 N–H and O–H groups in total. The first-order chi connectivity index (χ1) is 13.9. The average Bonchev–Trinajstić information content (AvgIpc) is 3.27. The van der Waals surface area contributed by atoms with Gasteiger partial charge < -0.3 is 14.7 Å². The lowest BCUT2D eigenvalue weighted by Gasteiger charge is -2.38. The zero-order chi connectivity index (χ0) is 20.8. The molecule has 0 unspecified atom stereocenters. The maximum atomic E-state index is 12.7. The quantitative estimate of drug-likeness (QED) is 0.702. The van der Waals surface area contributed by atoms with Gasteiger partial charge in [0, 0.05) is 58.8 Å². The third-order valence-electron chi connectivity index (χ3n) is 5.67. The lowest BCUT2D eigenvalue weighted by Crippen LogP contribution is -2.55. The van der Waals surface area contributed by atoms with Crippen molar-refractivity contribution >= 4 is 29.1 Å². The fraction of sp³-hybridized carbons (Fsp3) is 0.667. The molecule has 0 saturated carbocycles. The number of piperazine rings is 2. The van der Waals surface area contributed by atoms with Crippen molar-refractivity contribution in [3.8, 4) is 0 Å². The standard InChI is InChI=1S/C21H32N4O3S/c1-17(2)5-6-19(26)23-9-7-22(8-10-23)16-20(27)24-11-13-25(14-12-24)21(28)18-4-3-15-29-18/h3-4,15,17H,5-14,16H2,1-2H3. The van der Waals surface area contributed by atoms with Gasteiger partial charge in [0.2, 0.25) is 11.8 Å². The van der Waals surface area contributed by atoms with Gasteiger partial charge in [-0.05, 0) is 23.8 Å². The Morgan fingerprint density at radius 3 is 2.07 bits per heavy atom. The van der Waals surface area contributed by atoms with E-state index in [0.717, 1.165) is 24.4 Å². The summed E-state index contributed by atoms with van der Waals surface area (Å²) in [6, 6.07) is 3.73. The lowest BCUT2D eigenvalue weighted by atomic mass is 10.1. The zero-order valence-electron chi connectivity index (χ0n) is 17.5. The summed E-state index contributed by atoms with van der Waals surface area (Å²) in [4.78, 5) is 45.8. The minimum Gasteiger partial charge on any atom is -0.340 e. The first kappa shape index (κ1) is 21.8. The summed E-state index contributed by atoms with van der Waals surface area (Å²) in [5.74, 6) is 0.952. The average molecular weight is 421 g/mol. The van der Waals surface area contributed by atoms with Crippen LogP contribution in [0.5, 0.6) is 0 Å². The normalized spacial score (nSPS) is 18.4. The molecular weight excluding hydrogens is 388 g/mol. The van der Waals surface area contributed by atoms with E-state index in [0.29, 0.717) is 58.2 Å². The molecule has 3 rings (SSSR count). The Bertz CT molecular complexity index is 691. The summed E-state index contributed by atoms with van der Waals surface area (Å²) in [6.45, 7) is 9.90. The third-order valence-corrected chi connectivity index (χ3v) is 6.53. The van der Waals surface area contributed by atoms with Gasteiger partial charge in [-0.1, -0.05) is 19.9 Å². The maximum Gasteiger partial charge on any atom is 0.264 e. The molecule has 0 aliphatic carbocycles. The van der Waals surface area contributed by atoms with Crippen LogP contribution in [-0.4, -0.2) is 96.2 Å². The first-order valence-corrected chi connectivity index (χ1v) is 11.4. The molecule has 29 heavy (non-hydrogen) atoms. The summed E-state index contributed by atoms with van der Waals surface area (Å²) in [6.07, 6.45) is 1.55. The molecule has 7 nitrogen and oxygen atoms in total. The number of hydrogen-bond acceptors (Lipinski definition) is 5. The van der Waals surface area contributed by atoms with Crippen LogP contribution in [0, 0.1) is 5.92 Å². The summed E-state index contributed by atoms with van der Waals surface area (Å²) >= 11 is 1.46. The van der Waals surface area contributed by atoms with Crippen molar-refractivity contribution in [2.45, 2.75) is 26.7 Å². The smallest absolute Gasteiger partial charge is 0.264 e. The van der Waals surface area contributed by atoms with E-state index < -0.39 is 0 Å². The van der Waals surface area contributed by atoms with Crippen molar-refractivity contribution in [1.29, 1.82) is 0 Å². The van der Waals surface area contributed by atoms with E-state index in [-0.39, 0.29) is 17.7 Å². The largest absolute Gasteiger partial charge is 0.340 e. The number of rotatable bonds is 6. The molecule has 2 aliphatic heterocycles. The van der Waals surface area contributed by atoms with Crippen LogP contribution in [-0.2, 0) is 9.59 Å². The second-order valence-electron chi connectivity index (χ2n) is 8.24. The predicted octanol–water partition coefficient (Wildman–Crippen LogP) is 1.61. The molecule has 0 spiro atoms. The second kappa shape index (κ2) is 10.2. The first-order valence-electron chi connectivity index (χ1n) is 10.5. The molecule has 1 aromatic rings. The molecule has 160 valence electrons. The zero-order valence-corrected chi connectivity index (χ0v) is 18.3. The Morgan fingerprint density at radius 1 is 0.897 bits per heavy atom. The van der Waals surface area contributed by atoms with Crippen molar-refractivity contribution in [3.05, 3.63) is 22.4 Å². The van der Waals surface area contributed by atoms with Crippen LogP contribution in [0.3, 0.4) is 0 Å². The number of amides is 3. The van der Waals surface area contributed by atoms with Crippen LogP contribution in [0.15, 0.2) is 17.5 Å². The Kier molecular flexibility index (Phi) is 7.66. The number of nitrogens with zero attached hydrogens (tertiary/aromatic N) is 4. The summed E-state index contributed by atoms with van der Waals surface area (Å²) < 4.78 is 0. The SMILES string of the molecule is CC(C)CCC(=O)N1CCN(CC(=O)N2CCN(C(=O)c3cccs3)CC2)CC1. The summed E-state index contributed by atoms with van der Waals surface area (Å²) in [5.41, 5.74) is 0. The van der Waals surface area contributed by atoms with Gasteiger partial charge in [0.05, 0.1) is 11.4 Å². The highest BCUT2D eigenvalue weighted by molar-refractivity contribution is 7.12. The number of carbonyl (C=O) groups excluding carboxylic acids is 3. The van der Waals surface area contributed by atoms with Crippen molar-refractivity contribution < 1.29 is 14.4 Å². The third kappa shape index (κ3) is 6.02. The summed E-state index contributed by atoms with van der Waals surface area (Å²) in [7, 11) is 0. The fourth-order valence-electron chi connectivity index (χ4n) is 3.73. The van der Waals surface area contributed by atoms with Crippen molar-refractivity contribution in [2.75, 3.05) is 58.9 Å². The molecule has 8 heteroatoms. The molecular formula is C21H32N4O3S. The Balaban J connectivity index is 1.37. The van der Waals surface area contributed by atoms with Crippen LogP contribution < -0.4 is 0 Å². The molecule has 2 fully saturated rings. The van der Waals surface area contributed by atoms with E-state index in [2.05, 4.69) is 18.7 Å². The Morgan fingerprint density at radius 2 is 1.48 bits per heavy atom. The van der Waals surface area contributed by atoms with Gasteiger partial charge in [-0.25, -0.2) is 0 Å². The number of carbonyl (C=O) groups is 3. The van der Waals surface area contributed by atoms with Gasteiger partial charge in [-0.3, -0.25) is 19.3 Å². The van der Waals surface area contributed by atoms with Crippen LogP contribution in [0.2, 0.25) is 0 Å². The van der Waals surface area contributed by atoms with Gasteiger partial charge in [-0.15, -0.1) is 11.3 Å². The lowest BCUT2D eigenvalue weighted by molar-refractivity contribution is -0.136. The molecule has 0 radical (unpaired) electrons. The molecule has 3 amide bonds. The highest BCUT2D eigenvalue weighted by atomic mass is 32.1. The second-order valence-corrected chi connectivity index (χ2v) is 9.19. The molecule has 0 aromatic carbocycles. The van der Waals surface area contributed by atoms with Crippen molar-refractivity contribution in [2.24, 2.45) is 5.92 Å². The molecule has 2 aliphatic rings. The molecule has 3 heterocycles. The van der Waals surface area contributed by atoms with E-state index in [1.807, 2.05) is 32.2 Å². The van der Waals surface area contributed by atoms with E-state index >= 15 is 0 Å². The monoisotopic (exact) mass is 420 g/mol. The van der Waals surface area contributed by atoms with Gasteiger partial charge in [-0.2, -0.15) is 0 Å². The fourth-order valence-corrected chi connectivity index (χ4v) is 4.42. The van der Waals surface area contributed by atoms with Gasteiger partial charge >= 0.3 is 0 Å². The minimum absolute atomic E-state index is 0.0605. The van der Waals surface area contributed by atoms with E-state index in [9.17, 15) is 14.4 Å². The van der Waals surface area contributed by atoms with Crippen LogP contribution in [0.25, 0.3) is 0 Å². The highest BCUT2D eigenvalue weighted by Crippen LogP contribution is 2.14. The molecule has 0 bridgehead atoms.